The third-order valence-electron chi connectivity index (χ3n) is 5.91. The molecule has 0 amide bonds. The average molecular weight is 446 g/mol. The fraction of sp³-hybridized carbons (Fsp3) is 0.217. The number of carboxylic acid groups (broad SMARTS) is 1. The molecule has 0 aliphatic carbocycles. The van der Waals surface area contributed by atoms with Crippen LogP contribution in [0.4, 0.5) is 17.2 Å². The summed E-state index contributed by atoms with van der Waals surface area (Å²) in [6.45, 7) is 3.75. The Bertz CT molecular complexity index is 1340. The summed E-state index contributed by atoms with van der Waals surface area (Å²) < 4.78 is 5.38. The van der Waals surface area contributed by atoms with Gasteiger partial charge in [-0.2, -0.15) is 0 Å². The first-order valence-corrected chi connectivity index (χ1v) is 11.1. The predicted octanol–water partition coefficient (Wildman–Crippen LogP) is 4.03. The molecule has 6 rings (SSSR count). The lowest BCUT2D eigenvalue weighted by Gasteiger charge is -2.56. The van der Waals surface area contributed by atoms with Crippen molar-refractivity contribution >= 4 is 44.8 Å². The van der Waals surface area contributed by atoms with Crippen LogP contribution in [0, 0.1) is 5.41 Å². The maximum atomic E-state index is 11.4. The lowest BCUT2D eigenvalue weighted by Crippen LogP contribution is -2.66. The molecule has 2 aliphatic heterocycles. The van der Waals surface area contributed by atoms with E-state index in [2.05, 4.69) is 32.3 Å². The first kappa shape index (κ1) is 19.1. The van der Waals surface area contributed by atoms with Crippen molar-refractivity contribution in [2.75, 3.05) is 36.5 Å². The molecule has 2 aliphatic rings. The Balaban J connectivity index is 1.32. The molecule has 9 heteroatoms. The average Bonchev–Trinajstić information content (AvgIpc) is 3.21. The minimum Gasteiger partial charge on any atom is -0.478 e. The second-order valence-electron chi connectivity index (χ2n) is 8.31. The predicted molar refractivity (Wildman–Crippen MR) is 123 cm³/mol. The molecule has 0 radical (unpaired) electrons. The molecule has 0 unspecified atom stereocenters. The van der Waals surface area contributed by atoms with Crippen molar-refractivity contribution in [2.45, 2.75) is 0 Å². The summed E-state index contributed by atoms with van der Waals surface area (Å²) in [6.07, 6.45) is 0. The Morgan fingerprint density at radius 3 is 2.75 bits per heavy atom. The third-order valence-corrected chi connectivity index (χ3v) is 6.63. The van der Waals surface area contributed by atoms with Crippen molar-refractivity contribution in [3.63, 3.8) is 0 Å². The van der Waals surface area contributed by atoms with Crippen LogP contribution in [0.1, 0.15) is 10.4 Å². The molecule has 4 heterocycles. The van der Waals surface area contributed by atoms with Gasteiger partial charge in [0.1, 0.15) is 10.3 Å². The second-order valence-corrected chi connectivity index (χ2v) is 9.15. The van der Waals surface area contributed by atoms with Crippen LogP contribution in [-0.4, -0.2) is 52.3 Å². The lowest BCUT2D eigenvalue weighted by atomic mass is 9.78. The summed E-state index contributed by atoms with van der Waals surface area (Å²) in [5.41, 5.74) is 5.68. The number of thiazole rings is 1. The molecule has 2 fully saturated rings. The lowest BCUT2D eigenvalue weighted by molar-refractivity contribution is -0.127. The van der Waals surface area contributed by atoms with Gasteiger partial charge < -0.3 is 20.1 Å². The summed E-state index contributed by atoms with van der Waals surface area (Å²) >= 11 is 1.42. The smallest absolute Gasteiger partial charge is 0.335 e. The maximum Gasteiger partial charge on any atom is 0.335 e. The first-order valence-electron chi connectivity index (χ1n) is 10.2. The number of nitrogens with zero attached hydrogens (tertiary/aromatic N) is 4. The van der Waals surface area contributed by atoms with Gasteiger partial charge in [-0.15, -0.1) is 11.3 Å². The molecular formula is C23H19N5O3S. The molecule has 32 heavy (non-hydrogen) atoms. The quantitative estimate of drug-likeness (QED) is 0.475. The number of aromatic nitrogens is 3. The van der Waals surface area contributed by atoms with Crippen molar-refractivity contribution < 1.29 is 14.6 Å². The number of nitrogens with one attached hydrogen (secondary N) is 1. The van der Waals surface area contributed by atoms with Gasteiger partial charge in [-0.1, -0.05) is 18.2 Å². The summed E-state index contributed by atoms with van der Waals surface area (Å²) in [6, 6.07) is 14.9. The third kappa shape index (κ3) is 3.26. The Labute approximate surface area is 187 Å². The van der Waals surface area contributed by atoms with E-state index in [0.29, 0.717) is 28.1 Å². The SMILES string of the molecule is O=C(O)c1cccc(-c2nc(Nc3cccc(N4CC5(COC5)C4)c3)c3ncsc3n2)c1. The van der Waals surface area contributed by atoms with E-state index in [1.54, 1.807) is 23.7 Å². The highest BCUT2D eigenvalue weighted by Gasteiger charge is 2.49. The maximum absolute atomic E-state index is 11.4. The molecule has 2 saturated heterocycles. The highest BCUT2D eigenvalue weighted by atomic mass is 32.1. The van der Waals surface area contributed by atoms with Gasteiger partial charge >= 0.3 is 5.97 Å². The Morgan fingerprint density at radius 2 is 1.97 bits per heavy atom. The van der Waals surface area contributed by atoms with E-state index in [1.165, 1.54) is 11.3 Å². The van der Waals surface area contributed by atoms with E-state index < -0.39 is 5.97 Å². The molecule has 2 N–H and O–H groups in total. The van der Waals surface area contributed by atoms with Gasteiger partial charge in [0.2, 0.25) is 0 Å². The molecule has 4 aromatic rings. The van der Waals surface area contributed by atoms with Crippen molar-refractivity contribution in [3.05, 3.63) is 59.6 Å². The largest absolute Gasteiger partial charge is 0.478 e. The number of hydrogen-bond donors (Lipinski definition) is 2. The normalized spacial score (nSPS) is 16.6. The van der Waals surface area contributed by atoms with Gasteiger partial charge in [0, 0.05) is 30.0 Å². The highest BCUT2D eigenvalue weighted by Crippen LogP contribution is 2.41. The monoisotopic (exact) mass is 445 g/mol. The summed E-state index contributed by atoms with van der Waals surface area (Å²) in [7, 11) is 0. The van der Waals surface area contributed by atoms with E-state index >= 15 is 0 Å². The van der Waals surface area contributed by atoms with Crippen LogP contribution in [0.2, 0.25) is 0 Å². The topological polar surface area (TPSA) is 100 Å². The Hall–Kier alpha value is -3.56. The number of carboxylic acids is 1. The standard InChI is InChI=1S/C23H19N5O3S/c29-22(30)15-4-1-3-14(7-15)19-26-20(18-21(27-19)32-13-24-18)25-16-5-2-6-17(8-16)28-9-23(10-28)11-31-12-23/h1-8,13H,9-12H2,(H,29,30)(H,25,26,27). The number of hydrogen-bond acceptors (Lipinski definition) is 8. The zero-order chi connectivity index (χ0) is 21.7. The zero-order valence-electron chi connectivity index (χ0n) is 17.0. The molecule has 8 nitrogen and oxygen atoms in total. The van der Waals surface area contributed by atoms with Gasteiger partial charge in [-0.25, -0.2) is 19.7 Å². The van der Waals surface area contributed by atoms with Gasteiger partial charge in [0.25, 0.3) is 0 Å². The number of anilines is 3. The minimum absolute atomic E-state index is 0.196. The molecular weight excluding hydrogens is 426 g/mol. The van der Waals surface area contributed by atoms with Crippen LogP contribution < -0.4 is 10.2 Å². The minimum atomic E-state index is -0.984. The van der Waals surface area contributed by atoms with Crippen molar-refractivity contribution in [1.82, 2.24) is 15.0 Å². The van der Waals surface area contributed by atoms with Gasteiger partial charge in [0.05, 0.1) is 29.7 Å². The van der Waals surface area contributed by atoms with Crippen molar-refractivity contribution in [3.8, 4) is 11.4 Å². The van der Waals surface area contributed by atoms with Crippen LogP contribution >= 0.6 is 11.3 Å². The number of carbonyl (C=O) groups is 1. The number of aromatic carboxylic acids is 1. The Kier molecular flexibility index (Phi) is 4.34. The molecule has 1 spiro atoms. The fourth-order valence-electron chi connectivity index (χ4n) is 4.21. The zero-order valence-corrected chi connectivity index (χ0v) is 17.8. The second kappa shape index (κ2) is 7.25. The van der Waals surface area contributed by atoms with Crippen LogP contribution in [0.25, 0.3) is 21.7 Å². The molecule has 160 valence electrons. The van der Waals surface area contributed by atoms with E-state index in [4.69, 9.17) is 9.72 Å². The van der Waals surface area contributed by atoms with Gasteiger partial charge in [0.15, 0.2) is 11.6 Å². The molecule has 2 aromatic heterocycles. The van der Waals surface area contributed by atoms with E-state index in [1.807, 2.05) is 18.2 Å². The summed E-state index contributed by atoms with van der Waals surface area (Å²) in [5.74, 6) is 0.0666. The fourth-order valence-corrected chi connectivity index (χ4v) is 4.86. The van der Waals surface area contributed by atoms with Crippen molar-refractivity contribution in [2.24, 2.45) is 5.41 Å². The number of fused-ring (bicyclic) bond motifs is 1. The Morgan fingerprint density at radius 1 is 1.12 bits per heavy atom. The van der Waals surface area contributed by atoms with Crippen LogP contribution in [0.5, 0.6) is 0 Å². The van der Waals surface area contributed by atoms with Gasteiger partial charge in [-0.05, 0) is 30.3 Å². The van der Waals surface area contributed by atoms with E-state index in [-0.39, 0.29) is 5.56 Å². The summed E-state index contributed by atoms with van der Waals surface area (Å²) in [4.78, 5) is 28.2. The number of rotatable bonds is 5. The highest BCUT2D eigenvalue weighted by molar-refractivity contribution is 7.16. The first-order chi connectivity index (χ1) is 15.6. The number of benzene rings is 2. The number of ether oxygens (including phenoxy) is 1. The van der Waals surface area contributed by atoms with Crippen LogP contribution in [-0.2, 0) is 4.74 Å². The van der Waals surface area contributed by atoms with Crippen LogP contribution in [0.15, 0.2) is 54.0 Å². The van der Waals surface area contributed by atoms with E-state index in [0.717, 1.165) is 42.5 Å². The summed E-state index contributed by atoms with van der Waals surface area (Å²) in [5, 5.41) is 12.7. The van der Waals surface area contributed by atoms with Crippen molar-refractivity contribution in [1.29, 1.82) is 0 Å². The van der Waals surface area contributed by atoms with E-state index in [9.17, 15) is 9.90 Å². The molecule has 2 aromatic carbocycles. The molecule has 0 bridgehead atoms. The van der Waals surface area contributed by atoms with Gasteiger partial charge in [-0.3, -0.25) is 0 Å². The van der Waals surface area contributed by atoms with Crippen LogP contribution in [0.3, 0.4) is 0 Å². The molecule has 0 atom stereocenters. The molecule has 0 saturated carbocycles.